The van der Waals surface area contributed by atoms with E-state index >= 15 is 0 Å². The van der Waals surface area contributed by atoms with Gasteiger partial charge in [0.2, 0.25) is 20.0 Å². The number of hydrogen-bond acceptors (Lipinski definition) is 8. The Morgan fingerprint density at radius 2 is 1.08 bits per heavy atom. The van der Waals surface area contributed by atoms with Crippen LogP contribution < -0.4 is 9.80 Å². The molecule has 4 atom stereocenters. The number of piperidine rings is 3. The predicted molar refractivity (Wildman–Crippen MR) is 200 cm³/mol. The summed E-state index contributed by atoms with van der Waals surface area (Å²) >= 11 is 0. The van der Waals surface area contributed by atoms with Crippen molar-refractivity contribution in [3.63, 3.8) is 0 Å². The number of carboxylic acids is 2. The van der Waals surface area contributed by atoms with Crippen LogP contribution in [0.1, 0.15) is 94.4 Å². The highest BCUT2D eigenvalue weighted by atomic mass is 32.2. The van der Waals surface area contributed by atoms with E-state index in [1.54, 1.807) is 23.6 Å². The first kappa shape index (κ1) is 42.4. The minimum absolute atomic E-state index is 0.00142. The van der Waals surface area contributed by atoms with Crippen LogP contribution in [-0.4, -0.2) is 100.0 Å². The molecule has 0 unspecified atom stereocenters. The average Bonchev–Trinajstić information content (AvgIpc) is 3.08. The third kappa shape index (κ3) is 9.67. The number of halogens is 2. The van der Waals surface area contributed by atoms with E-state index in [9.17, 15) is 45.4 Å². The van der Waals surface area contributed by atoms with E-state index < -0.39 is 43.6 Å². The van der Waals surface area contributed by atoms with Crippen LogP contribution in [0, 0.1) is 35.3 Å². The summed E-state index contributed by atoms with van der Waals surface area (Å²) in [4.78, 5) is 26.1. The zero-order valence-corrected chi connectivity index (χ0v) is 33.1. The molecule has 5 rings (SSSR count). The Balaban J connectivity index is 0.000000237. The highest BCUT2D eigenvalue weighted by Gasteiger charge is 2.35. The third-order valence-corrected chi connectivity index (χ3v) is 13.9. The minimum Gasteiger partial charge on any atom is -0.478 e. The van der Waals surface area contributed by atoms with E-state index in [1.807, 2.05) is 27.7 Å². The number of rotatable bonds is 10. The van der Waals surface area contributed by atoms with E-state index in [0.29, 0.717) is 52.4 Å². The summed E-state index contributed by atoms with van der Waals surface area (Å²) in [6.07, 6.45) is 4.62. The Hall–Kier alpha value is -3.34. The highest BCUT2D eigenvalue weighted by Crippen LogP contribution is 2.34. The van der Waals surface area contributed by atoms with Gasteiger partial charge in [0.25, 0.3) is 0 Å². The first-order chi connectivity index (χ1) is 24.8. The van der Waals surface area contributed by atoms with Crippen molar-refractivity contribution in [3.8, 4) is 0 Å². The Morgan fingerprint density at radius 1 is 0.679 bits per heavy atom. The zero-order chi connectivity index (χ0) is 39.4. The molecule has 0 aromatic heterocycles. The van der Waals surface area contributed by atoms with Crippen molar-refractivity contribution in [3.05, 3.63) is 47.0 Å². The molecule has 0 saturated carbocycles. The van der Waals surface area contributed by atoms with Gasteiger partial charge in [0.05, 0.1) is 32.3 Å². The molecule has 3 fully saturated rings. The lowest BCUT2D eigenvalue weighted by Gasteiger charge is -2.34. The molecule has 3 aliphatic rings. The standard InChI is InChI=1S/C19H27FN2O4S.C18H27FN2O4S/c1-13-8-14(2)12-22(11-13)27(25,26)15-9-16(19(23)24)18(17(20)10-15)21-6-4-3-5-7-21;1-5-20(6-2)17-15(18(22)23)8-14(9-16(17)19)26(24,25)21-10-12(3)7-13(4)11-21/h9-10,13-14H,3-8,11-12H2,1-2H3,(H,23,24);8-9,12-13H,5-7,10-11H2,1-4H3,(H,22,23)/t13-,14+;12-,13+. The Labute approximate surface area is 312 Å². The normalized spacial score (nSPS) is 23.2. The van der Waals surface area contributed by atoms with E-state index in [1.165, 1.54) is 8.61 Å². The zero-order valence-electron chi connectivity index (χ0n) is 31.5. The van der Waals surface area contributed by atoms with Gasteiger partial charge in [-0.05, 0) is 93.9 Å². The van der Waals surface area contributed by atoms with Crippen molar-refractivity contribution >= 4 is 43.4 Å². The fourth-order valence-electron chi connectivity index (χ4n) is 7.97. The number of carboxylic acid groups (broad SMARTS) is 2. The number of benzene rings is 2. The smallest absolute Gasteiger partial charge is 0.337 e. The van der Waals surface area contributed by atoms with Crippen LogP contribution >= 0.6 is 0 Å². The predicted octanol–water partition coefficient (Wildman–Crippen LogP) is 6.22. The maximum Gasteiger partial charge on any atom is 0.337 e. The van der Waals surface area contributed by atoms with E-state index in [0.717, 1.165) is 56.4 Å². The molecule has 0 spiro atoms. The fourth-order valence-corrected chi connectivity index (χ4v) is 11.4. The second kappa shape index (κ2) is 17.4. The second-order valence-electron chi connectivity index (χ2n) is 15.0. The molecule has 0 radical (unpaired) electrons. The average molecular weight is 785 g/mol. The first-order valence-corrected chi connectivity index (χ1v) is 21.3. The molecule has 3 heterocycles. The monoisotopic (exact) mass is 784 g/mol. The first-order valence-electron chi connectivity index (χ1n) is 18.4. The van der Waals surface area contributed by atoms with Crippen LogP contribution in [-0.2, 0) is 20.0 Å². The molecule has 16 heteroatoms. The fraction of sp³-hybridized carbons (Fsp3) is 0.622. The Morgan fingerprint density at radius 3 is 1.47 bits per heavy atom. The number of sulfonamides is 2. The van der Waals surface area contributed by atoms with Crippen molar-refractivity contribution in [1.29, 1.82) is 0 Å². The number of nitrogens with zero attached hydrogens (tertiary/aromatic N) is 4. The summed E-state index contributed by atoms with van der Waals surface area (Å²) in [5, 5.41) is 19.1. The lowest BCUT2D eigenvalue weighted by molar-refractivity contribution is 0.0686. The van der Waals surface area contributed by atoms with Gasteiger partial charge in [-0.25, -0.2) is 35.2 Å². The van der Waals surface area contributed by atoms with Gasteiger partial charge in [0, 0.05) is 52.4 Å². The molecule has 0 bridgehead atoms. The van der Waals surface area contributed by atoms with Crippen molar-refractivity contribution in [2.75, 3.05) is 62.2 Å². The quantitative estimate of drug-likeness (QED) is 0.284. The number of aromatic carboxylic acids is 2. The van der Waals surface area contributed by atoms with E-state index in [-0.39, 0.29) is 56.0 Å². The Kier molecular flexibility index (Phi) is 13.9. The van der Waals surface area contributed by atoms with Gasteiger partial charge in [0.1, 0.15) is 11.6 Å². The highest BCUT2D eigenvalue weighted by molar-refractivity contribution is 7.89. The van der Waals surface area contributed by atoms with Gasteiger partial charge in [-0.1, -0.05) is 27.7 Å². The van der Waals surface area contributed by atoms with Crippen molar-refractivity contribution < 1.29 is 45.4 Å². The molecule has 0 amide bonds. The number of hydrogen-bond donors (Lipinski definition) is 2. The van der Waals surface area contributed by atoms with E-state index in [2.05, 4.69) is 0 Å². The van der Waals surface area contributed by atoms with Gasteiger partial charge in [0.15, 0.2) is 0 Å². The van der Waals surface area contributed by atoms with Gasteiger partial charge in [-0.2, -0.15) is 8.61 Å². The topological polar surface area (TPSA) is 156 Å². The molecular weight excluding hydrogens is 731 g/mol. The largest absolute Gasteiger partial charge is 0.478 e. The molecule has 3 aliphatic heterocycles. The van der Waals surface area contributed by atoms with Crippen molar-refractivity contribution in [2.45, 2.75) is 83.4 Å². The van der Waals surface area contributed by atoms with Gasteiger partial charge in [-0.15, -0.1) is 0 Å². The molecular formula is C37H54F2N4O8S2. The van der Waals surface area contributed by atoms with E-state index in [4.69, 9.17) is 0 Å². The van der Waals surface area contributed by atoms with Crippen LogP contribution in [0.3, 0.4) is 0 Å². The maximum atomic E-state index is 14.9. The van der Waals surface area contributed by atoms with Crippen molar-refractivity contribution in [1.82, 2.24) is 8.61 Å². The summed E-state index contributed by atoms with van der Waals surface area (Å²) in [7, 11) is -7.89. The van der Waals surface area contributed by atoms with Crippen LogP contribution in [0.5, 0.6) is 0 Å². The molecule has 12 nitrogen and oxygen atoms in total. The number of carbonyl (C=O) groups is 2. The van der Waals surface area contributed by atoms with Crippen LogP contribution in [0.25, 0.3) is 0 Å². The van der Waals surface area contributed by atoms with Crippen LogP contribution in [0.15, 0.2) is 34.1 Å². The Bertz CT molecular complexity index is 1850. The van der Waals surface area contributed by atoms with Gasteiger partial charge < -0.3 is 20.0 Å². The van der Waals surface area contributed by atoms with Crippen LogP contribution in [0.4, 0.5) is 20.2 Å². The molecule has 2 N–H and O–H groups in total. The third-order valence-electron chi connectivity index (χ3n) is 10.2. The summed E-state index contributed by atoms with van der Waals surface area (Å²) in [6, 6.07) is 4.13. The summed E-state index contributed by atoms with van der Waals surface area (Å²) < 4.78 is 84.4. The van der Waals surface area contributed by atoms with Gasteiger partial charge in [-0.3, -0.25) is 0 Å². The minimum atomic E-state index is -3.95. The molecule has 0 aliphatic carbocycles. The summed E-state index contributed by atoms with van der Waals surface area (Å²) in [5.41, 5.74) is -0.678. The van der Waals surface area contributed by atoms with Crippen molar-refractivity contribution in [2.24, 2.45) is 23.7 Å². The lowest BCUT2D eigenvalue weighted by atomic mass is 9.94. The van der Waals surface area contributed by atoms with Gasteiger partial charge >= 0.3 is 11.9 Å². The maximum absolute atomic E-state index is 14.9. The van der Waals surface area contributed by atoms with Crippen LogP contribution in [0.2, 0.25) is 0 Å². The molecule has 3 saturated heterocycles. The second-order valence-corrected chi connectivity index (χ2v) is 18.8. The number of anilines is 2. The molecule has 2 aromatic carbocycles. The lowest BCUT2D eigenvalue weighted by Crippen LogP contribution is -2.42. The summed E-state index contributed by atoms with van der Waals surface area (Å²) in [6.45, 7) is 14.9. The molecule has 53 heavy (non-hydrogen) atoms. The SMILES string of the molecule is CCN(CC)c1c(F)cc(S(=O)(=O)N2C[C@H](C)C[C@H](C)C2)cc1C(=O)O.C[C@@H]1C[C@H](C)CN(S(=O)(=O)c2cc(F)c(N3CCCCC3)c(C(=O)O)c2)C1. The summed E-state index contributed by atoms with van der Waals surface area (Å²) in [5.74, 6) is -3.45. The molecule has 296 valence electrons. The molecule has 2 aromatic rings.